The summed E-state index contributed by atoms with van der Waals surface area (Å²) in [7, 11) is 2.18. The third-order valence-corrected chi connectivity index (χ3v) is 5.32. The second-order valence-corrected chi connectivity index (χ2v) is 8.02. The van der Waals surface area contributed by atoms with E-state index < -0.39 is 15.8 Å². The van der Waals surface area contributed by atoms with E-state index in [1.54, 1.807) is 24.3 Å². The van der Waals surface area contributed by atoms with Crippen molar-refractivity contribution in [1.29, 1.82) is 0 Å². The quantitative estimate of drug-likeness (QED) is 0.437. The highest BCUT2D eigenvalue weighted by Crippen LogP contribution is 2.35. The van der Waals surface area contributed by atoms with Gasteiger partial charge in [0.05, 0.1) is 34.2 Å². The van der Waals surface area contributed by atoms with Crippen LogP contribution in [0.1, 0.15) is 18.1 Å². The SMILES string of the molecule is COc1cc(OC)c(OC)cc1CS(=O)(=O)/C=C\c1ccc(OC(C)=O)c(OC)c1. The number of methoxy groups -OCH3 is 4. The number of hydrogen-bond donors (Lipinski definition) is 0. The molecule has 0 saturated carbocycles. The highest BCUT2D eigenvalue weighted by Gasteiger charge is 2.17. The Labute approximate surface area is 175 Å². The first-order valence-corrected chi connectivity index (χ1v) is 10.5. The summed E-state index contributed by atoms with van der Waals surface area (Å²) < 4.78 is 51.3. The third-order valence-electron chi connectivity index (χ3n) is 4.05. The molecule has 162 valence electrons. The van der Waals surface area contributed by atoms with Crippen molar-refractivity contribution in [3.8, 4) is 28.7 Å². The fraction of sp³-hybridized carbons (Fsp3) is 0.286. The molecule has 9 heteroatoms. The first-order valence-electron chi connectivity index (χ1n) is 8.79. The standard InChI is InChI=1S/C21H24O8S/c1-14(22)29-17-7-6-15(10-19(17)26-3)8-9-30(23,24)13-16-11-20(27-4)21(28-5)12-18(16)25-2/h6-12H,13H2,1-5H3/b9-8-. The van der Waals surface area contributed by atoms with Gasteiger partial charge in [0.15, 0.2) is 32.8 Å². The van der Waals surface area contributed by atoms with E-state index in [0.29, 0.717) is 34.1 Å². The molecule has 2 rings (SSSR count). The molecule has 0 spiro atoms. The summed E-state index contributed by atoms with van der Waals surface area (Å²) in [6.45, 7) is 1.28. The minimum atomic E-state index is -3.64. The van der Waals surface area contributed by atoms with Crippen molar-refractivity contribution < 1.29 is 36.9 Å². The monoisotopic (exact) mass is 436 g/mol. The maximum Gasteiger partial charge on any atom is 0.308 e. The lowest BCUT2D eigenvalue weighted by atomic mass is 10.2. The summed E-state index contributed by atoms with van der Waals surface area (Å²) in [6, 6.07) is 7.86. The third kappa shape index (κ3) is 5.90. The number of carbonyl (C=O) groups is 1. The molecule has 0 aromatic heterocycles. The molecule has 2 aromatic carbocycles. The number of ether oxygens (including phenoxy) is 5. The predicted molar refractivity (Wildman–Crippen MR) is 112 cm³/mol. The van der Waals surface area contributed by atoms with Crippen molar-refractivity contribution in [3.05, 3.63) is 46.9 Å². The van der Waals surface area contributed by atoms with Gasteiger partial charge < -0.3 is 23.7 Å². The molecule has 8 nitrogen and oxygen atoms in total. The Bertz CT molecular complexity index is 1040. The lowest BCUT2D eigenvalue weighted by Crippen LogP contribution is -2.04. The summed E-state index contributed by atoms with van der Waals surface area (Å²) in [5.41, 5.74) is 0.994. The number of carbonyl (C=O) groups excluding carboxylic acids is 1. The Morgan fingerprint density at radius 2 is 1.40 bits per heavy atom. The summed E-state index contributed by atoms with van der Waals surface area (Å²) in [6.07, 6.45) is 1.43. The van der Waals surface area contributed by atoms with E-state index in [9.17, 15) is 13.2 Å². The van der Waals surface area contributed by atoms with Crippen LogP contribution in [0.25, 0.3) is 6.08 Å². The lowest BCUT2D eigenvalue weighted by molar-refractivity contribution is -0.132. The molecule has 30 heavy (non-hydrogen) atoms. The van der Waals surface area contributed by atoms with Crippen molar-refractivity contribution >= 4 is 21.9 Å². The van der Waals surface area contributed by atoms with Gasteiger partial charge in [-0.2, -0.15) is 0 Å². The average molecular weight is 436 g/mol. The summed E-state index contributed by atoms with van der Waals surface area (Å²) >= 11 is 0. The molecule has 0 aliphatic heterocycles. The van der Waals surface area contributed by atoms with Crippen LogP contribution < -0.4 is 23.7 Å². The fourth-order valence-electron chi connectivity index (χ4n) is 2.68. The second-order valence-electron chi connectivity index (χ2n) is 6.13. The molecule has 0 unspecified atom stereocenters. The maximum atomic E-state index is 12.6. The van der Waals surface area contributed by atoms with Crippen LogP contribution in [0.4, 0.5) is 0 Å². The Kier molecular flexibility index (Phi) is 7.71. The molecule has 0 heterocycles. The Hall–Kier alpha value is -3.20. The molecule has 0 amide bonds. The van der Waals surface area contributed by atoms with Gasteiger partial charge in [0.25, 0.3) is 0 Å². The number of rotatable bonds is 9. The molecule has 0 radical (unpaired) electrons. The van der Waals surface area contributed by atoms with Crippen LogP contribution in [0, 0.1) is 0 Å². The number of benzene rings is 2. The van der Waals surface area contributed by atoms with Gasteiger partial charge in [-0.05, 0) is 29.8 Å². The van der Waals surface area contributed by atoms with Crippen molar-refractivity contribution in [2.45, 2.75) is 12.7 Å². The van der Waals surface area contributed by atoms with Crippen LogP contribution in [0.3, 0.4) is 0 Å². The molecule has 0 fully saturated rings. The van der Waals surface area contributed by atoms with Crippen molar-refractivity contribution in [1.82, 2.24) is 0 Å². The zero-order chi connectivity index (χ0) is 22.3. The fourth-order valence-corrected chi connectivity index (χ4v) is 3.80. The van der Waals surface area contributed by atoms with E-state index >= 15 is 0 Å². The normalized spacial score (nSPS) is 11.2. The van der Waals surface area contributed by atoms with Gasteiger partial charge in [-0.25, -0.2) is 8.42 Å². The predicted octanol–water partition coefficient (Wildman–Crippen LogP) is 3.23. The highest BCUT2D eigenvalue weighted by atomic mass is 32.2. The molecule has 0 saturated heterocycles. The summed E-state index contributed by atoms with van der Waals surface area (Å²) in [5.74, 6) is 0.992. The topological polar surface area (TPSA) is 97.4 Å². The largest absolute Gasteiger partial charge is 0.496 e. The zero-order valence-corrected chi connectivity index (χ0v) is 18.2. The van der Waals surface area contributed by atoms with Crippen LogP contribution in [0.2, 0.25) is 0 Å². The van der Waals surface area contributed by atoms with E-state index in [1.165, 1.54) is 47.5 Å². The Morgan fingerprint density at radius 1 is 0.833 bits per heavy atom. The molecular formula is C21H24O8S. The van der Waals surface area contributed by atoms with E-state index in [0.717, 1.165) is 5.41 Å². The Balaban J connectivity index is 2.29. The summed E-state index contributed by atoms with van der Waals surface area (Å²) in [5, 5.41) is 1.10. The molecule has 0 N–H and O–H groups in total. The van der Waals surface area contributed by atoms with Gasteiger partial charge in [0.2, 0.25) is 0 Å². The second kappa shape index (κ2) is 10.0. The summed E-state index contributed by atoms with van der Waals surface area (Å²) in [4.78, 5) is 11.1. The van der Waals surface area contributed by atoms with E-state index in [-0.39, 0.29) is 11.5 Å². The number of sulfone groups is 1. The first kappa shape index (κ1) is 23.1. The van der Waals surface area contributed by atoms with Crippen molar-refractivity contribution in [3.63, 3.8) is 0 Å². The van der Waals surface area contributed by atoms with Crippen molar-refractivity contribution in [2.75, 3.05) is 28.4 Å². The van der Waals surface area contributed by atoms with Gasteiger partial charge in [-0.1, -0.05) is 6.07 Å². The van der Waals surface area contributed by atoms with Gasteiger partial charge in [0.1, 0.15) is 5.75 Å². The minimum Gasteiger partial charge on any atom is -0.496 e. The first-order chi connectivity index (χ1) is 14.2. The maximum absolute atomic E-state index is 12.6. The van der Waals surface area contributed by atoms with Crippen LogP contribution in [-0.2, 0) is 20.4 Å². The van der Waals surface area contributed by atoms with Crippen LogP contribution in [0.15, 0.2) is 35.7 Å². The molecule has 0 bridgehead atoms. The van der Waals surface area contributed by atoms with E-state index in [2.05, 4.69) is 0 Å². The van der Waals surface area contributed by atoms with Crippen LogP contribution in [-0.4, -0.2) is 42.8 Å². The molecular weight excluding hydrogens is 412 g/mol. The van der Waals surface area contributed by atoms with Crippen molar-refractivity contribution in [2.24, 2.45) is 0 Å². The van der Waals surface area contributed by atoms with Gasteiger partial charge in [-0.15, -0.1) is 0 Å². The average Bonchev–Trinajstić information content (AvgIpc) is 2.72. The van der Waals surface area contributed by atoms with E-state index in [4.69, 9.17) is 23.7 Å². The molecule has 0 aliphatic carbocycles. The smallest absolute Gasteiger partial charge is 0.308 e. The van der Waals surface area contributed by atoms with Crippen LogP contribution in [0.5, 0.6) is 28.7 Å². The van der Waals surface area contributed by atoms with E-state index in [1.807, 2.05) is 0 Å². The van der Waals surface area contributed by atoms with Gasteiger partial charge in [-0.3, -0.25) is 4.79 Å². The number of esters is 1. The lowest BCUT2D eigenvalue weighted by Gasteiger charge is -2.13. The van der Waals surface area contributed by atoms with Gasteiger partial charge >= 0.3 is 5.97 Å². The minimum absolute atomic E-state index is 0.250. The molecule has 0 aliphatic rings. The molecule has 0 atom stereocenters. The number of hydrogen-bond acceptors (Lipinski definition) is 8. The Morgan fingerprint density at radius 3 is 1.97 bits per heavy atom. The molecule has 2 aromatic rings. The van der Waals surface area contributed by atoms with Crippen LogP contribution >= 0.6 is 0 Å². The highest BCUT2D eigenvalue weighted by molar-refractivity contribution is 7.93. The van der Waals surface area contributed by atoms with Gasteiger partial charge in [0, 0.05) is 24.0 Å². The zero-order valence-electron chi connectivity index (χ0n) is 17.4.